The van der Waals surface area contributed by atoms with Crippen LogP contribution >= 0.6 is 0 Å². The summed E-state index contributed by atoms with van der Waals surface area (Å²) in [6.45, 7) is 4.35. The molecular formula is C27H27N2O3+. The minimum atomic E-state index is -0.278. The zero-order valence-corrected chi connectivity index (χ0v) is 19.3. The van der Waals surface area contributed by atoms with E-state index in [1.165, 1.54) is 5.56 Å². The highest BCUT2D eigenvalue weighted by Crippen LogP contribution is 2.45. The molecule has 0 radical (unpaired) electrons. The minimum absolute atomic E-state index is 0.0171. The number of methoxy groups -OCH3 is 2. The number of allylic oxidation sites excluding steroid dienone is 3. The second kappa shape index (κ2) is 6.95. The molecule has 5 nitrogen and oxygen atoms in total. The molecule has 1 aromatic heterocycles. The number of aromatic nitrogens is 1. The molecule has 2 aliphatic rings. The first-order valence-corrected chi connectivity index (χ1v) is 10.7. The molecule has 0 amide bonds. The molecule has 0 spiro atoms. The van der Waals surface area contributed by atoms with E-state index in [0.29, 0.717) is 16.9 Å². The lowest BCUT2D eigenvalue weighted by atomic mass is 9.77. The number of hydrogen-bond acceptors (Lipinski definition) is 3. The van der Waals surface area contributed by atoms with E-state index < -0.39 is 0 Å². The van der Waals surface area contributed by atoms with Gasteiger partial charge in [0, 0.05) is 47.4 Å². The van der Waals surface area contributed by atoms with E-state index in [1.54, 1.807) is 14.2 Å². The number of Topliss-reactive ketones (excluding diaryl/α,β-unsaturated/α-hetero) is 1. The number of carbonyl (C=O) groups excluding carboxylic acids is 1. The summed E-state index contributed by atoms with van der Waals surface area (Å²) < 4.78 is 15.4. The van der Waals surface area contributed by atoms with Crippen LogP contribution in [0.15, 0.2) is 66.1 Å². The van der Waals surface area contributed by atoms with Crippen molar-refractivity contribution in [2.24, 2.45) is 7.05 Å². The molecular weight excluding hydrogens is 400 g/mol. The highest BCUT2D eigenvalue weighted by atomic mass is 16.5. The number of hydrogen-bond donors (Lipinski definition) is 0. The summed E-state index contributed by atoms with van der Waals surface area (Å²) in [5.41, 5.74) is 6.33. The molecule has 0 bridgehead atoms. The van der Waals surface area contributed by atoms with E-state index in [-0.39, 0.29) is 11.2 Å². The van der Waals surface area contributed by atoms with Crippen LogP contribution in [0.2, 0.25) is 0 Å². The maximum atomic E-state index is 13.4. The summed E-state index contributed by atoms with van der Waals surface area (Å²) in [5, 5.41) is 1.05. The second-order valence-corrected chi connectivity index (χ2v) is 8.92. The van der Waals surface area contributed by atoms with E-state index >= 15 is 0 Å². The average Bonchev–Trinajstić information content (AvgIpc) is 3.21. The first-order valence-electron chi connectivity index (χ1n) is 10.7. The molecule has 5 heteroatoms. The molecule has 0 unspecified atom stereocenters. The Morgan fingerprint density at radius 3 is 2.53 bits per heavy atom. The zero-order valence-electron chi connectivity index (χ0n) is 19.3. The number of para-hydroxylation sites is 1. The van der Waals surface area contributed by atoms with Crippen molar-refractivity contribution in [2.75, 3.05) is 21.3 Å². The fourth-order valence-electron chi connectivity index (χ4n) is 5.08. The van der Waals surface area contributed by atoms with Crippen LogP contribution in [-0.2, 0) is 22.0 Å². The molecule has 5 rings (SSSR count). The van der Waals surface area contributed by atoms with E-state index in [2.05, 4.69) is 36.6 Å². The fourth-order valence-corrected chi connectivity index (χ4v) is 5.08. The van der Waals surface area contributed by atoms with Crippen molar-refractivity contribution in [1.82, 2.24) is 4.57 Å². The maximum absolute atomic E-state index is 13.4. The van der Waals surface area contributed by atoms with E-state index in [4.69, 9.17) is 9.47 Å². The molecule has 3 aromatic rings. The molecule has 0 saturated carbocycles. The first kappa shape index (κ1) is 20.3. The third-order valence-electron chi connectivity index (χ3n) is 6.83. The summed E-state index contributed by atoms with van der Waals surface area (Å²) >= 11 is 0. The van der Waals surface area contributed by atoms with E-state index in [9.17, 15) is 4.79 Å². The van der Waals surface area contributed by atoms with Gasteiger partial charge < -0.3 is 14.0 Å². The highest BCUT2D eigenvalue weighted by molar-refractivity contribution is 6.41. The average molecular weight is 428 g/mol. The van der Waals surface area contributed by atoms with Crippen molar-refractivity contribution in [1.29, 1.82) is 0 Å². The lowest BCUT2D eigenvalue weighted by molar-refractivity contribution is -0.401. The Morgan fingerprint density at radius 2 is 1.81 bits per heavy atom. The van der Waals surface area contributed by atoms with Crippen molar-refractivity contribution in [2.45, 2.75) is 19.3 Å². The van der Waals surface area contributed by atoms with Gasteiger partial charge in [0.25, 0.3) is 0 Å². The van der Waals surface area contributed by atoms with Gasteiger partial charge in [0.15, 0.2) is 5.71 Å². The largest absolute Gasteiger partial charge is 0.497 e. The lowest BCUT2D eigenvalue weighted by Gasteiger charge is -2.25. The molecule has 0 saturated heterocycles. The molecule has 2 aromatic carbocycles. The Balaban J connectivity index is 1.63. The van der Waals surface area contributed by atoms with Crippen molar-refractivity contribution in [3.8, 4) is 5.75 Å². The van der Waals surface area contributed by atoms with Crippen LogP contribution in [0.3, 0.4) is 0 Å². The smallest absolute Gasteiger partial charge is 0.209 e. The second-order valence-electron chi connectivity index (χ2n) is 8.92. The van der Waals surface area contributed by atoms with Crippen LogP contribution in [-0.4, -0.2) is 41.9 Å². The number of aryl methyl sites for hydroxylation is 1. The van der Waals surface area contributed by atoms with Gasteiger partial charge in [-0.25, -0.2) is 0 Å². The van der Waals surface area contributed by atoms with Gasteiger partial charge in [-0.15, -0.1) is 0 Å². The van der Waals surface area contributed by atoms with Gasteiger partial charge >= 0.3 is 0 Å². The summed E-state index contributed by atoms with van der Waals surface area (Å²) in [5.74, 6) is 1.49. The minimum Gasteiger partial charge on any atom is -0.497 e. The van der Waals surface area contributed by atoms with Gasteiger partial charge in [-0.1, -0.05) is 18.2 Å². The topological polar surface area (TPSA) is 43.5 Å². The van der Waals surface area contributed by atoms with Crippen LogP contribution in [0.1, 0.15) is 25.0 Å². The summed E-state index contributed by atoms with van der Waals surface area (Å²) in [7, 11) is 7.35. The van der Waals surface area contributed by atoms with E-state index in [0.717, 1.165) is 33.6 Å². The standard InChI is InChI=1S/C27H27N2O3/c1-27(2)20-13-16(31-5)11-12-22(20)29(4)23(27)14-18-25(30)24(26(18)32-6)19-15-28(3)21-10-8-7-9-17(19)21/h7-15H,1-6H3/q+1. The monoisotopic (exact) mass is 427 g/mol. The molecule has 32 heavy (non-hydrogen) atoms. The number of fused-ring (bicyclic) bond motifs is 2. The number of benzene rings is 2. The molecule has 162 valence electrons. The molecule has 0 N–H and O–H groups in total. The fraction of sp³-hybridized carbons (Fsp3) is 0.259. The number of carbonyl (C=O) groups is 1. The van der Waals surface area contributed by atoms with Crippen molar-refractivity contribution < 1.29 is 18.8 Å². The zero-order chi connectivity index (χ0) is 22.8. The number of ketones is 1. The van der Waals surface area contributed by atoms with Crippen LogP contribution in [0.5, 0.6) is 5.75 Å². The Kier molecular flexibility index (Phi) is 4.41. The SMILES string of the molecule is COC1=C(c2cn(C)c3ccccc23)C(=O)/C1=C\C1=[N+](C)c2ccc(OC)cc2C1(C)C. The molecule has 1 aliphatic carbocycles. The van der Waals surface area contributed by atoms with Crippen molar-refractivity contribution >= 4 is 33.7 Å². The third-order valence-corrected chi connectivity index (χ3v) is 6.83. The Hall–Kier alpha value is -3.60. The van der Waals surface area contributed by atoms with Crippen LogP contribution < -0.4 is 4.74 Å². The molecule has 1 aliphatic heterocycles. The molecule has 0 fully saturated rings. The van der Waals surface area contributed by atoms with E-state index in [1.807, 2.05) is 55.2 Å². The maximum Gasteiger partial charge on any atom is 0.209 e. The summed E-state index contributed by atoms with van der Waals surface area (Å²) in [6, 6.07) is 14.2. The Bertz CT molecular complexity index is 1400. The number of ether oxygens (including phenoxy) is 2. The van der Waals surface area contributed by atoms with Gasteiger partial charge in [-0.2, -0.15) is 4.58 Å². The van der Waals surface area contributed by atoms with Crippen LogP contribution in [0.4, 0.5) is 5.69 Å². The normalized spacial score (nSPS) is 18.4. The van der Waals surface area contributed by atoms with Crippen LogP contribution in [0, 0.1) is 0 Å². The number of rotatable bonds is 4. The van der Waals surface area contributed by atoms with Gasteiger partial charge in [-0.05, 0) is 32.0 Å². The predicted octanol–water partition coefficient (Wildman–Crippen LogP) is 4.76. The van der Waals surface area contributed by atoms with Crippen molar-refractivity contribution in [3.63, 3.8) is 0 Å². The lowest BCUT2D eigenvalue weighted by Crippen LogP contribution is -2.30. The third kappa shape index (κ3) is 2.63. The van der Waals surface area contributed by atoms with Gasteiger partial charge in [0.2, 0.25) is 11.5 Å². The first-order chi connectivity index (χ1) is 15.3. The number of nitrogens with zero attached hydrogens (tertiary/aromatic N) is 2. The predicted molar refractivity (Wildman–Crippen MR) is 127 cm³/mol. The Morgan fingerprint density at radius 1 is 1.06 bits per heavy atom. The molecule has 0 atom stereocenters. The summed E-state index contributed by atoms with van der Waals surface area (Å²) in [4.78, 5) is 13.4. The Labute approximate surface area is 187 Å². The van der Waals surface area contributed by atoms with Gasteiger partial charge in [0.1, 0.15) is 18.6 Å². The quantitative estimate of drug-likeness (QED) is 0.445. The molecule has 2 heterocycles. The summed E-state index contributed by atoms with van der Waals surface area (Å²) in [6.07, 6.45) is 4.00. The van der Waals surface area contributed by atoms with Crippen molar-refractivity contribution in [3.05, 3.63) is 77.2 Å². The van der Waals surface area contributed by atoms with Gasteiger partial charge in [-0.3, -0.25) is 4.79 Å². The van der Waals surface area contributed by atoms with Crippen LogP contribution in [0.25, 0.3) is 16.5 Å². The highest BCUT2D eigenvalue weighted by Gasteiger charge is 2.46. The van der Waals surface area contributed by atoms with Gasteiger partial charge in [0.05, 0.1) is 30.8 Å².